The molecular weight excluding hydrogens is 1050 g/mol. The largest absolute Gasteiger partial charge is 0.493 e. The van der Waals surface area contributed by atoms with Gasteiger partial charge in [0, 0.05) is 66.7 Å². The van der Waals surface area contributed by atoms with E-state index in [1.807, 2.05) is 83.2 Å². The summed E-state index contributed by atoms with van der Waals surface area (Å²) < 4.78 is 89.2. The van der Waals surface area contributed by atoms with E-state index in [0.29, 0.717) is 28.3 Å². The number of rotatable bonds is 8. The maximum absolute atomic E-state index is 9.27. The number of para-hydroxylation sites is 4. The molecule has 2 aliphatic rings. The molecule has 0 amide bonds. The van der Waals surface area contributed by atoms with E-state index < -0.39 is 65.8 Å². The topological polar surface area (TPSA) is 25.9 Å². The van der Waals surface area contributed by atoms with Gasteiger partial charge < -0.3 is 19.6 Å². The van der Waals surface area contributed by atoms with Crippen LogP contribution in [0.4, 0.5) is 57.0 Å². The van der Waals surface area contributed by atoms with Crippen LogP contribution in [0.25, 0.3) is 44.5 Å². The fourth-order valence-electron chi connectivity index (χ4n) is 9.57. The third-order valence-electron chi connectivity index (χ3n) is 12.8. The molecule has 9 aromatic carbocycles. The monoisotopic (exact) mass is 1110 g/mol. The molecule has 0 aliphatic carbocycles. The van der Waals surface area contributed by atoms with Crippen LogP contribution in [0.1, 0.15) is 45.6 Å². The van der Waals surface area contributed by atoms with Gasteiger partial charge in [-0.2, -0.15) is 6.07 Å². The first kappa shape index (κ1) is 35.2. The number of benzene rings is 9. The first-order valence-corrected chi connectivity index (χ1v) is 23.1. The molecule has 5 nitrogen and oxygen atoms in total. The van der Waals surface area contributed by atoms with E-state index in [9.17, 15) is 5.48 Å². The molecule has 0 spiro atoms. The van der Waals surface area contributed by atoms with Crippen LogP contribution in [0.3, 0.4) is 0 Å². The molecule has 2 aliphatic heterocycles. The van der Waals surface area contributed by atoms with E-state index >= 15 is 0 Å². The molecular formula is C65H50N5Pt-3. The van der Waals surface area contributed by atoms with Crippen molar-refractivity contribution < 1.29 is 34.8 Å². The van der Waals surface area contributed by atoms with Crippen molar-refractivity contribution in [2.75, 3.05) is 19.6 Å². The molecule has 0 atom stereocenters. The minimum atomic E-state index is -0.563. The van der Waals surface area contributed by atoms with Gasteiger partial charge in [-0.05, 0) is 89.2 Å². The first-order valence-electron chi connectivity index (χ1n) is 28.1. The second-order valence-electron chi connectivity index (χ2n) is 18.3. The minimum Gasteiger partial charge on any atom is -0.493 e. The number of hydrogen-bond acceptors (Lipinski definition) is 5. The smallest absolute Gasteiger partial charge is 0.135 e. The average Bonchev–Trinajstić information content (AvgIpc) is 3.40. The van der Waals surface area contributed by atoms with Gasteiger partial charge in [-0.1, -0.05) is 183 Å². The van der Waals surface area contributed by atoms with Gasteiger partial charge >= 0.3 is 0 Å². The van der Waals surface area contributed by atoms with Gasteiger partial charge in [0.05, 0.1) is 19.4 Å². The van der Waals surface area contributed by atoms with Crippen molar-refractivity contribution in [1.29, 1.82) is 0 Å². The van der Waals surface area contributed by atoms with Crippen LogP contribution in [0, 0.1) is 25.7 Å². The van der Waals surface area contributed by atoms with Crippen molar-refractivity contribution in [3.05, 3.63) is 254 Å². The van der Waals surface area contributed by atoms with E-state index in [2.05, 4.69) is 122 Å². The number of hydrogen-bond donors (Lipinski definition) is 0. The molecule has 0 N–H and O–H groups in total. The Balaban J connectivity index is 0.00000690. The molecule has 12 rings (SSSR count). The maximum Gasteiger partial charge on any atom is 0.135 e. The summed E-state index contributed by atoms with van der Waals surface area (Å²) in [4.78, 5) is 13.0. The Kier molecular flexibility index (Phi) is 9.28. The van der Waals surface area contributed by atoms with Gasteiger partial charge in [0.1, 0.15) is 5.82 Å². The molecule has 10 aromatic rings. The zero-order valence-corrected chi connectivity index (χ0v) is 41.5. The zero-order valence-electron chi connectivity index (χ0n) is 49.2. The summed E-state index contributed by atoms with van der Waals surface area (Å²) in [5.41, 5.74) is 11.6. The second kappa shape index (κ2) is 18.7. The molecule has 0 saturated carbocycles. The Labute approximate surface area is 446 Å². The Hall–Kier alpha value is -7.98. The summed E-state index contributed by atoms with van der Waals surface area (Å²) in [6.07, 6.45) is 1.80. The van der Waals surface area contributed by atoms with Crippen molar-refractivity contribution in [2.24, 2.45) is 0 Å². The quantitative estimate of drug-likeness (QED) is 0.141. The zero-order chi connectivity index (χ0) is 56.1. The second-order valence-corrected chi connectivity index (χ2v) is 18.3. The molecule has 0 bridgehead atoms. The van der Waals surface area contributed by atoms with Crippen LogP contribution >= 0.6 is 0 Å². The number of aromatic nitrogens is 1. The van der Waals surface area contributed by atoms with Crippen molar-refractivity contribution in [1.82, 2.24) is 4.98 Å². The van der Waals surface area contributed by atoms with E-state index in [4.69, 9.17) is 13.2 Å². The first-order chi connectivity index (χ1) is 38.4. The minimum absolute atomic E-state index is 0. The van der Waals surface area contributed by atoms with Gasteiger partial charge in [0.25, 0.3) is 0 Å². The fourth-order valence-corrected chi connectivity index (χ4v) is 9.57. The summed E-state index contributed by atoms with van der Waals surface area (Å²) in [5.74, 6) is 0.725. The SMILES string of the molecule is [2H]c1c([2H])c([2H])c(-c2cc(C)cc(-c3c([2H])c([2H])c([2H])c([2H])c3[2H])c2N2[CH-]N(c3[c-]c(N(c4[c-]c5c(cc4)-c4ccccc4-c4ccccc4N5c4ccccn4)c4ccccc4)cc(C(C)(C)C)c3)c3ccccc32)c([2H])c1[2H].[Pt]. The molecule has 1 aromatic heterocycles. The maximum atomic E-state index is 9.27. The molecule has 3 heterocycles. The van der Waals surface area contributed by atoms with Crippen molar-refractivity contribution >= 4 is 57.0 Å². The van der Waals surface area contributed by atoms with Gasteiger partial charge in [-0.3, -0.25) is 0 Å². The summed E-state index contributed by atoms with van der Waals surface area (Å²) in [6, 6.07) is 54.9. The van der Waals surface area contributed by atoms with Crippen LogP contribution in [-0.2, 0) is 26.5 Å². The van der Waals surface area contributed by atoms with Crippen LogP contribution in [0.5, 0.6) is 0 Å². The van der Waals surface area contributed by atoms with Gasteiger partial charge in [-0.15, -0.1) is 53.8 Å². The van der Waals surface area contributed by atoms with Crippen molar-refractivity contribution in [3.63, 3.8) is 0 Å². The molecule has 0 radical (unpaired) electrons. The molecule has 0 saturated heterocycles. The van der Waals surface area contributed by atoms with Gasteiger partial charge in [0.15, 0.2) is 0 Å². The third kappa shape index (κ3) is 8.30. The third-order valence-corrected chi connectivity index (χ3v) is 12.8. The summed E-state index contributed by atoms with van der Waals surface area (Å²) in [7, 11) is 0. The van der Waals surface area contributed by atoms with Crippen molar-refractivity contribution in [3.8, 4) is 44.5 Å². The van der Waals surface area contributed by atoms with Crippen LogP contribution in [-0.4, -0.2) is 4.98 Å². The average molecular weight is 1110 g/mol. The molecule has 348 valence electrons. The molecule has 6 heteroatoms. The van der Waals surface area contributed by atoms with E-state index in [-0.39, 0.29) is 49.0 Å². The number of aryl methyl sites for hydroxylation is 1. The molecule has 71 heavy (non-hydrogen) atoms. The van der Waals surface area contributed by atoms with E-state index in [1.54, 1.807) is 25.3 Å². The van der Waals surface area contributed by atoms with Crippen LogP contribution in [0.15, 0.2) is 224 Å². The number of nitrogens with zero attached hydrogens (tertiary/aromatic N) is 5. The number of anilines is 10. The summed E-state index contributed by atoms with van der Waals surface area (Å²) in [5, 5.41) is 0. The Bertz CT molecular complexity index is 4010. The van der Waals surface area contributed by atoms with Crippen molar-refractivity contribution in [2.45, 2.75) is 33.1 Å². The predicted molar refractivity (Wildman–Crippen MR) is 291 cm³/mol. The van der Waals surface area contributed by atoms with Gasteiger partial charge in [-0.25, -0.2) is 4.98 Å². The van der Waals surface area contributed by atoms with Crippen LogP contribution < -0.4 is 19.6 Å². The standard InChI is InChI=1S/C65H50N5.Pt/c1-45-38-57(46-22-8-5-9-23-46)64(58(39-45)47-24-10-6-11-25-47)68-44-67(60-32-18-19-33-61(60)68)51-40-48(65(2,3)4)41-52(42-51)69(49-26-12-7-13-27-49)50-35-36-56-54-29-15-14-28-53(54)55-30-16-17-31-59(55)70(62(56)43-50)63-34-20-21-37-66-63;/h5-41,44H,1-4H3;/q-3;/i5D,6D,8D,9D,10D,11D,22D,23D,24D,25D;. The normalized spacial score (nSPS) is 14.5. The molecule has 0 unspecified atom stereocenters. The Morgan fingerprint density at radius 3 is 1.75 bits per heavy atom. The number of pyridine rings is 1. The molecule has 0 fully saturated rings. The van der Waals surface area contributed by atoms with Crippen LogP contribution in [0.2, 0.25) is 0 Å². The van der Waals surface area contributed by atoms with E-state index in [1.165, 1.54) is 0 Å². The van der Waals surface area contributed by atoms with E-state index in [0.717, 1.165) is 56.4 Å². The van der Waals surface area contributed by atoms with Gasteiger partial charge in [0.2, 0.25) is 0 Å². The number of fused-ring (bicyclic) bond motifs is 6. The Morgan fingerprint density at radius 2 is 1.11 bits per heavy atom. The summed E-state index contributed by atoms with van der Waals surface area (Å²) in [6.45, 7) is 10.0. The summed E-state index contributed by atoms with van der Waals surface area (Å²) >= 11 is 0. The Morgan fingerprint density at radius 1 is 0.535 bits per heavy atom. The predicted octanol–water partition coefficient (Wildman–Crippen LogP) is 17.6. The fraction of sp³-hybridized carbons (Fsp3) is 0.0769.